The van der Waals surface area contributed by atoms with Crippen LogP contribution in [0, 0.1) is 0 Å². The zero-order chi connectivity index (χ0) is 17.9. The smallest absolute Gasteiger partial charge is 0.273 e. The molecule has 132 valence electrons. The number of hydrogen-bond donors (Lipinski definition) is 0. The maximum atomic E-state index is 13.1. The highest BCUT2D eigenvalue weighted by Gasteiger charge is 2.31. The van der Waals surface area contributed by atoms with Crippen LogP contribution < -0.4 is 4.74 Å². The summed E-state index contributed by atoms with van der Waals surface area (Å²) in [6.07, 6.45) is 5.53. The molecule has 0 N–H and O–H groups in total. The number of rotatable bonds is 4. The predicted octanol–water partition coefficient (Wildman–Crippen LogP) is 4.19. The van der Waals surface area contributed by atoms with Gasteiger partial charge in [0.15, 0.2) is 0 Å². The number of methoxy groups -OCH3 is 1. The standard InChI is InChI=1S/C20H19N3O2S/c1-25-18-7-3-2-5-15(18)19-22-16(13-26-19)20(24)23-12-4-6-17(23)14-8-10-21-11-9-14/h2-3,5,7-11,13,17H,4,6,12H2,1H3. The lowest BCUT2D eigenvalue weighted by Gasteiger charge is -2.24. The quantitative estimate of drug-likeness (QED) is 0.696. The fourth-order valence-electron chi connectivity index (χ4n) is 3.41. The van der Waals surface area contributed by atoms with Crippen molar-refractivity contribution < 1.29 is 9.53 Å². The molecule has 0 saturated carbocycles. The third-order valence-electron chi connectivity index (χ3n) is 4.67. The maximum absolute atomic E-state index is 13.1. The van der Waals surface area contributed by atoms with Gasteiger partial charge in [0, 0.05) is 24.3 Å². The molecule has 1 aliphatic heterocycles. The second-order valence-corrected chi connectivity index (χ2v) is 7.03. The topological polar surface area (TPSA) is 55.3 Å². The second-order valence-electron chi connectivity index (χ2n) is 6.18. The second kappa shape index (κ2) is 7.25. The number of ether oxygens (including phenoxy) is 1. The molecule has 3 aromatic rings. The Hall–Kier alpha value is -2.73. The Morgan fingerprint density at radius 1 is 1.23 bits per heavy atom. The molecular formula is C20H19N3O2S. The van der Waals surface area contributed by atoms with Gasteiger partial charge in [-0.3, -0.25) is 9.78 Å². The summed E-state index contributed by atoms with van der Waals surface area (Å²) in [5, 5.41) is 2.64. The number of benzene rings is 1. The highest BCUT2D eigenvalue weighted by molar-refractivity contribution is 7.13. The van der Waals surface area contributed by atoms with Gasteiger partial charge >= 0.3 is 0 Å². The van der Waals surface area contributed by atoms with Gasteiger partial charge in [0.2, 0.25) is 0 Å². The number of amides is 1. The molecule has 1 amide bonds. The Balaban J connectivity index is 1.60. The number of nitrogens with zero attached hydrogens (tertiary/aromatic N) is 3. The predicted molar refractivity (Wildman–Crippen MR) is 101 cm³/mol. The van der Waals surface area contributed by atoms with Crippen LogP contribution in [0.5, 0.6) is 5.75 Å². The Kier molecular flexibility index (Phi) is 4.67. The van der Waals surface area contributed by atoms with E-state index in [1.807, 2.05) is 46.7 Å². The third-order valence-corrected chi connectivity index (χ3v) is 5.54. The maximum Gasteiger partial charge on any atom is 0.273 e. The van der Waals surface area contributed by atoms with Crippen molar-refractivity contribution in [2.45, 2.75) is 18.9 Å². The first kappa shape index (κ1) is 16.7. The lowest BCUT2D eigenvalue weighted by Crippen LogP contribution is -2.30. The molecule has 0 spiro atoms. The number of carbonyl (C=O) groups excluding carboxylic acids is 1. The molecule has 26 heavy (non-hydrogen) atoms. The molecule has 1 atom stereocenters. The largest absolute Gasteiger partial charge is 0.496 e. The SMILES string of the molecule is COc1ccccc1-c1nc(C(=O)N2CCCC2c2ccncc2)cs1. The Labute approximate surface area is 156 Å². The van der Waals surface area contributed by atoms with Crippen LogP contribution in [0.25, 0.3) is 10.6 Å². The minimum Gasteiger partial charge on any atom is -0.496 e. The Morgan fingerprint density at radius 3 is 2.85 bits per heavy atom. The molecule has 0 bridgehead atoms. The van der Waals surface area contributed by atoms with Crippen LogP contribution in [0.3, 0.4) is 0 Å². The first-order valence-electron chi connectivity index (χ1n) is 8.57. The van der Waals surface area contributed by atoms with Crippen LogP contribution in [0.15, 0.2) is 54.2 Å². The van der Waals surface area contributed by atoms with Crippen LogP contribution in [0.4, 0.5) is 0 Å². The number of para-hydroxylation sites is 1. The average Bonchev–Trinajstić information content (AvgIpc) is 3.38. The summed E-state index contributed by atoms with van der Waals surface area (Å²) in [7, 11) is 1.64. The molecule has 6 heteroatoms. The van der Waals surface area contributed by atoms with E-state index in [2.05, 4.69) is 9.97 Å². The van der Waals surface area contributed by atoms with Crippen LogP contribution in [-0.2, 0) is 0 Å². The molecule has 0 aliphatic carbocycles. The molecule has 1 saturated heterocycles. The number of likely N-dealkylation sites (tertiary alicyclic amines) is 1. The van der Waals surface area contributed by atoms with Gasteiger partial charge in [-0.2, -0.15) is 0 Å². The van der Waals surface area contributed by atoms with E-state index in [9.17, 15) is 4.79 Å². The van der Waals surface area contributed by atoms with E-state index < -0.39 is 0 Å². The number of pyridine rings is 1. The first-order valence-corrected chi connectivity index (χ1v) is 9.45. The molecule has 5 nitrogen and oxygen atoms in total. The Bertz CT molecular complexity index is 910. The number of aromatic nitrogens is 2. The lowest BCUT2D eigenvalue weighted by molar-refractivity contribution is 0.0730. The van der Waals surface area contributed by atoms with Crippen molar-refractivity contribution in [3.8, 4) is 16.3 Å². The third kappa shape index (κ3) is 3.08. The van der Waals surface area contributed by atoms with E-state index in [4.69, 9.17) is 4.74 Å². The van der Waals surface area contributed by atoms with Crippen LogP contribution >= 0.6 is 11.3 Å². The minimum atomic E-state index is -0.0123. The summed E-state index contributed by atoms with van der Waals surface area (Å²) in [6.45, 7) is 0.757. The van der Waals surface area contributed by atoms with E-state index in [-0.39, 0.29) is 11.9 Å². The first-order chi connectivity index (χ1) is 12.8. The van der Waals surface area contributed by atoms with Gasteiger partial charge in [-0.05, 0) is 42.7 Å². The van der Waals surface area contributed by atoms with E-state index in [1.54, 1.807) is 19.5 Å². The highest BCUT2D eigenvalue weighted by atomic mass is 32.1. The van der Waals surface area contributed by atoms with E-state index in [0.717, 1.165) is 41.3 Å². The van der Waals surface area contributed by atoms with Crippen molar-refractivity contribution in [2.24, 2.45) is 0 Å². The molecule has 1 aliphatic rings. The fourth-order valence-corrected chi connectivity index (χ4v) is 4.23. The summed E-state index contributed by atoms with van der Waals surface area (Å²) in [6, 6.07) is 11.8. The number of thiazole rings is 1. The van der Waals surface area contributed by atoms with E-state index in [0.29, 0.717) is 5.69 Å². The van der Waals surface area contributed by atoms with Gasteiger partial charge in [-0.25, -0.2) is 4.98 Å². The van der Waals surface area contributed by atoms with Crippen molar-refractivity contribution in [3.05, 3.63) is 65.4 Å². The zero-order valence-electron chi connectivity index (χ0n) is 14.5. The van der Waals surface area contributed by atoms with Gasteiger partial charge in [-0.1, -0.05) is 12.1 Å². The van der Waals surface area contributed by atoms with Crippen molar-refractivity contribution in [3.63, 3.8) is 0 Å². The number of hydrogen-bond acceptors (Lipinski definition) is 5. The van der Waals surface area contributed by atoms with Crippen molar-refractivity contribution in [1.29, 1.82) is 0 Å². The van der Waals surface area contributed by atoms with Crippen LogP contribution in [0.1, 0.15) is 34.9 Å². The molecule has 1 unspecified atom stereocenters. The molecule has 4 rings (SSSR count). The van der Waals surface area contributed by atoms with Gasteiger partial charge in [0.05, 0.1) is 18.7 Å². The Morgan fingerprint density at radius 2 is 2.04 bits per heavy atom. The number of carbonyl (C=O) groups is 1. The van der Waals surface area contributed by atoms with E-state index in [1.165, 1.54) is 11.3 Å². The van der Waals surface area contributed by atoms with Gasteiger partial charge in [0.1, 0.15) is 16.5 Å². The molecule has 0 radical (unpaired) electrons. The summed E-state index contributed by atoms with van der Waals surface area (Å²) in [5.74, 6) is 0.749. The summed E-state index contributed by atoms with van der Waals surface area (Å²) in [4.78, 5) is 23.6. The normalized spacial score (nSPS) is 16.7. The van der Waals surface area contributed by atoms with Crippen LogP contribution in [-0.4, -0.2) is 34.4 Å². The lowest BCUT2D eigenvalue weighted by atomic mass is 10.1. The van der Waals surface area contributed by atoms with Gasteiger partial charge in [-0.15, -0.1) is 11.3 Å². The van der Waals surface area contributed by atoms with Crippen molar-refractivity contribution >= 4 is 17.2 Å². The van der Waals surface area contributed by atoms with E-state index >= 15 is 0 Å². The summed E-state index contributed by atoms with van der Waals surface area (Å²) in [5.41, 5.74) is 2.54. The van der Waals surface area contributed by atoms with Gasteiger partial charge < -0.3 is 9.64 Å². The minimum absolute atomic E-state index is 0.0123. The zero-order valence-corrected chi connectivity index (χ0v) is 15.3. The molecular weight excluding hydrogens is 346 g/mol. The van der Waals surface area contributed by atoms with Crippen LogP contribution in [0.2, 0.25) is 0 Å². The average molecular weight is 365 g/mol. The summed E-state index contributed by atoms with van der Waals surface area (Å²) < 4.78 is 5.41. The molecule has 1 aromatic carbocycles. The molecule has 3 heterocycles. The molecule has 2 aromatic heterocycles. The fraction of sp³-hybridized carbons (Fsp3) is 0.250. The molecule has 1 fully saturated rings. The monoisotopic (exact) mass is 365 g/mol. The van der Waals surface area contributed by atoms with Crippen molar-refractivity contribution in [1.82, 2.24) is 14.9 Å². The van der Waals surface area contributed by atoms with Crippen molar-refractivity contribution in [2.75, 3.05) is 13.7 Å². The highest BCUT2D eigenvalue weighted by Crippen LogP contribution is 2.35. The van der Waals surface area contributed by atoms with Gasteiger partial charge in [0.25, 0.3) is 5.91 Å². The summed E-state index contributed by atoms with van der Waals surface area (Å²) >= 11 is 1.47.